The van der Waals surface area contributed by atoms with Gasteiger partial charge in [-0.2, -0.15) is 4.31 Å². The smallest absolute Gasteiger partial charge is 0.243 e. The molecular formula is C15H24N2O2S. The molecule has 112 valence electrons. The second-order valence-corrected chi connectivity index (χ2v) is 7.08. The highest BCUT2D eigenvalue weighted by Gasteiger charge is 2.25. The van der Waals surface area contributed by atoms with E-state index in [4.69, 9.17) is 0 Å². The lowest BCUT2D eigenvalue weighted by Gasteiger charge is -2.20. The number of sulfonamides is 1. The van der Waals surface area contributed by atoms with Gasteiger partial charge in [-0.15, -0.1) is 0 Å². The van der Waals surface area contributed by atoms with E-state index < -0.39 is 10.0 Å². The molecule has 1 aromatic rings. The third-order valence-electron chi connectivity index (χ3n) is 3.88. The van der Waals surface area contributed by atoms with Crippen molar-refractivity contribution in [3.05, 3.63) is 29.3 Å². The van der Waals surface area contributed by atoms with Crippen LogP contribution in [0.5, 0.6) is 0 Å². The van der Waals surface area contributed by atoms with Crippen molar-refractivity contribution in [2.45, 2.75) is 38.0 Å². The summed E-state index contributed by atoms with van der Waals surface area (Å²) in [7, 11) is -3.35. The van der Waals surface area contributed by atoms with Gasteiger partial charge in [-0.25, -0.2) is 8.42 Å². The highest BCUT2D eigenvalue weighted by atomic mass is 32.2. The number of benzene rings is 1. The maximum Gasteiger partial charge on any atom is 0.243 e. The third kappa shape index (κ3) is 3.22. The highest BCUT2D eigenvalue weighted by molar-refractivity contribution is 7.89. The van der Waals surface area contributed by atoms with Crippen LogP contribution in [0, 0.1) is 0 Å². The van der Waals surface area contributed by atoms with Crippen LogP contribution in [0.15, 0.2) is 23.1 Å². The van der Waals surface area contributed by atoms with Gasteiger partial charge in [-0.05, 0) is 49.1 Å². The first kappa shape index (κ1) is 15.5. The minimum atomic E-state index is -3.35. The van der Waals surface area contributed by atoms with E-state index in [0.717, 1.165) is 37.9 Å². The fourth-order valence-corrected chi connectivity index (χ4v) is 4.18. The van der Waals surface area contributed by atoms with Crippen molar-refractivity contribution in [1.82, 2.24) is 9.62 Å². The van der Waals surface area contributed by atoms with Crippen molar-refractivity contribution in [3.8, 4) is 0 Å². The van der Waals surface area contributed by atoms with E-state index in [2.05, 4.69) is 19.2 Å². The summed E-state index contributed by atoms with van der Waals surface area (Å²) in [5, 5.41) is 3.24. The van der Waals surface area contributed by atoms with Crippen LogP contribution < -0.4 is 5.32 Å². The molecule has 1 aromatic carbocycles. The molecule has 0 aliphatic carbocycles. The van der Waals surface area contributed by atoms with Crippen LogP contribution in [-0.4, -0.2) is 38.9 Å². The average Bonchev–Trinajstić information content (AvgIpc) is 2.76. The number of nitrogens with one attached hydrogen (secondary N) is 1. The Morgan fingerprint density at radius 1 is 1.10 bits per heavy atom. The summed E-state index contributed by atoms with van der Waals surface area (Å²) < 4.78 is 27.0. The summed E-state index contributed by atoms with van der Waals surface area (Å²) in [6.45, 7) is 6.95. The summed E-state index contributed by atoms with van der Waals surface area (Å²) in [5.41, 5.74) is 2.38. The monoisotopic (exact) mass is 296 g/mol. The fourth-order valence-electron chi connectivity index (χ4n) is 2.65. The molecule has 1 fully saturated rings. The maximum atomic E-state index is 12.7. The van der Waals surface area contributed by atoms with Crippen LogP contribution >= 0.6 is 0 Å². The Hall–Kier alpha value is -0.910. The Morgan fingerprint density at radius 2 is 1.85 bits per heavy atom. The van der Waals surface area contributed by atoms with Crippen LogP contribution in [-0.2, 0) is 22.9 Å². The Morgan fingerprint density at radius 3 is 2.55 bits per heavy atom. The first-order chi connectivity index (χ1) is 9.59. The molecule has 0 spiro atoms. The SMILES string of the molecule is CCc1ccc(S(=O)(=O)N2CCCNCC2)cc1CC. The van der Waals surface area contributed by atoms with Gasteiger partial charge in [0.25, 0.3) is 0 Å². The van der Waals surface area contributed by atoms with Gasteiger partial charge in [0.2, 0.25) is 10.0 Å². The molecule has 2 rings (SSSR count). The van der Waals surface area contributed by atoms with E-state index in [1.54, 1.807) is 10.4 Å². The zero-order valence-corrected chi connectivity index (χ0v) is 13.2. The van der Waals surface area contributed by atoms with Crippen LogP contribution in [0.25, 0.3) is 0 Å². The van der Waals surface area contributed by atoms with E-state index in [-0.39, 0.29) is 0 Å². The summed E-state index contributed by atoms with van der Waals surface area (Å²) in [6.07, 6.45) is 2.68. The lowest BCUT2D eigenvalue weighted by atomic mass is 10.0. The van der Waals surface area contributed by atoms with Crippen molar-refractivity contribution in [2.24, 2.45) is 0 Å². The minimum Gasteiger partial charge on any atom is -0.315 e. The fraction of sp³-hybridized carbons (Fsp3) is 0.600. The molecule has 0 saturated carbocycles. The summed E-state index contributed by atoms with van der Waals surface area (Å²) in [5.74, 6) is 0. The van der Waals surface area contributed by atoms with Crippen LogP contribution in [0.1, 0.15) is 31.4 Å². The first-order valence-corrected chi connectivity index (χ1v) is 8.86. The van der Waals surface area contributed by atoms with Gasteiger partial charge in [-0.1, -0.05) is 19.9 Å². The Kier molecular flexibility index (Phi) is 5.18. The normalized spacial score (nSPS) is 17.9. The van der Waals surface area contributed by atoms with Crippen molar-refractivity contribution in [1.29, 1.82) is 0 Å². The molecule has 1 saturated heterocycles. The molecule has 1 aliphatic rings. The molecule has 0 radical (unpaired) electrons. The van der Waals surface area contributed by atoms with Crippen LogP contribution in [0.2, 0.25) is 0 Å². The van der Waals surface area contributed by atoms with Crippen molar-refractivity contribution < 1.29 is 8.42 Å². The van der Waals surface area contributed by atoms with E-state index in [1.807, 2.05) is 12.1 Å². The largest absolute Gasteiger partial charge is 0.315 e. The number of aryl methyl sites for hydroxylation is 2. The molecule has 5 heteroatoms. The van der Waals surface area contributed by atoms with E-state index in [9.17, 15) is 8.42 Å². The second-order valence-electron chi connectivity index (χ2n) is 5.15. The quantitative estimate of drug-likeness (QED) is 0.921. The van der Waals surface area contributed by atoms with Gasteiger partial charge < -0.3 is 5.32 Å². The number of nitrogens with zero attached hydrogens (tertiary/aromatic N) is 1. The summed E-state index contributed by atoms with van der Waals surface area (Å²) >= 11 is 0. The van der Waals surface area contributed by atoms with Gasteiger partial charge in [0.15, 0.2) is 0 Å². The maximum absolute atomic E-state index is 12.7. The minimum absolute atomic E-state index is 0.438. The molecule has 0 amide bonds. The zero-order chi connectivity index (χ0) is 14.6. The van der Waals surface area contributed by atoms with Crippen LogP contribution in [0.4, 0.5) is 0 Å². The zero-order valence-electron chi connectivity index (χ0n) is 12.4. The number of hydrogen-bond acceptors (Lipinski definition) is 3. The first-order valence-electron chi connectivity index (χ1n) is 7.42. The van der Waals surface area contributed by atoms with Gasteiger partial charge >= 0.3 is 0 Å². The molecule has 1 heterocycles. The molecular weight excluding hydrogens is 272 g/mol. The molecule has 0 unspecified atom stereocenters. The van der Waals surface area contributed by atoms with E-state index >= 15 is 0 Å². The lowest BCUT2D eigenvalue weighted by molar-refractivity contribution is 0.432. The standard InChI is InChI=1S/C15H24N2O2S/c1-3-13-6-7-15(12-14(13)4-2)20(18,19)17-10-5-8-16-9-11-17/h6-7,12,16H,3-5,8-11H2,1-2H3. The summed E-state index contributed by atoms with van der Waals surface area (Å²) in [4.78, 5) is 0.438. The van der Waals surface area contributed by atoms with Gasteiger partial charge in [0.1, 0.15) is 0 Å². The molecule has 0 aromatic heterocycles. The second kappa shape index (κ2) is 6.70. The topological polar surface area (TPSA) is 49.4 Å². The van der Waals surface area contributed by atoms with Crippen molar-refractivity contribution in [2.75, 3.05) is 26.2 Å². The molecule has 4 nitrogen and oxygen atoms in total. The predicted molar refractivity (Wildman–Crippen MR) is 81.4 cm³/mol. The predicted octanol–water partition coefficient (Wildman–Crippen LogP) is 1.80. The Labute approximate surface area is 122 Å². The number of rotatable bonds is 4. The van der Waals surface area contributed by atoms with Gasteiger partial charge in [0.05, 0.1) is 4.90 Å². The molecule has 1 N–H and O–H groups in total. The van der Waals surface area contributed by atoms with Crippen molar-refractivity contribution in [3.63, 3.8) is 0 Å². The molecule has 0 bridgehead atoms. The Balaban J connectivity index is 2.33. The van der Waals surface area contributed by atoms with E-state index in [1.165, 1.54) is 5.56 Å². The van der Waals surface area contributed by atoms with Gasteiger partial charge in [-0.3, -0.25) is 0 Å². The summed E-state index contributed by atoms with van der Waals surface area (Å²) in [6, 6.07) is 5.57. The van der Waals surface area contributed by atoms with Crippen LogP contribution in [0.3, 0.4) is 0 Å². The average molecular weight is 296 g/mol. The molecule has 0 atom stereocenters. The molecule has 20 heavy (non-hydrogen) atoms. The van der Waals surface area contributed by atoms with E-state index in [0.29, 0.717) is 18.0 Å². The molecule has 1 aliphatic heterocycles. The van der Waals surface area contributed by atoms with Gasteiger partial charge in [0, 0.05) is 19.6 Å². The third-order valence-corrected chi connectivity index (χ3v) is 5.77. The Bertz CT molecular complexity index is 547. The van der Waals surface area contributed by atoms with Crippen molar-refractivity contribution >= 4 is 10.0 Å². The lowest BCUT2D eigenvalue weighted by Crippen LogP contribution is -2.34. The highest BCUT2D eigenvalue weighted by Crippen LogP contribution is 2.21. The number of hydrogen-bond donors (Lipinski definition) is 1.